The largest absolute Gasteiger partial charge is 0.340 e. The number of hydrogen-bond acceptors (Lipinski definition) is 2. The average molecular weight is 316 g/mol. The Morgan fingerprint density at radius 2 is 1.65 bits per heavy atom. The summed E-state index contributed by atoms with van der Waals surface area (Å²) in [7, 11) is 2.00. The predicted molar refractivity (Wildman–Crippen MR) is 97.4 cm³/mol. The van der Waals surface area contributed by atoms with E-state index >= 15 is 0 Å². The van der Waals surface area contributed by atoms with Gasteiger partial charge in [-0.15, -0.1) is 11.3 Å². The van der Waals surface area contributed by atoms with Crippen LogP contribution in [0.3, 0.4) is 0 Å². The van der Waals surface area contributed by atoms with Crippen LogP contribution in [-0.4, -0.2) is 9.55 Å². The zero-order valence-electron chi connectivity index (χ0n) is 12.8. The molecule has 4 aromatic rings. The van der Waals surface area contributed by atoms with Gasteiger partial charge in [0.2, 0.25) is 0 Å². The van der Waals surface area contributed by atoms with E-state index in [2.05, 4.69) is 71.2 Å². The van der Waals surface area contributed by atoms with E-state index in [1.165, 1.54) is 27.1 Å². The van der Waals surface area contributed by atoms with Crippen LogP contribution in [-0.2, 0) is 7.05 Å². The fourth-order valence-corrected chi connectivity index (χ4v) is 3.66. The van der Waals surface area contributed by atoms with Crippen LogP contribution in [0.4, 0.5) is 0 Å². The molecule has 0 aliphatic rings. The quantitative estimate of drug-likeness (QED) is 0.489. The molecule has 0 N–H and O–H groups in total. The first-order chi connectivity index (χ1) is 11.3. The fourth-order valence-electron chi connectivity index (χ4n) is 2.76. The SMILES string of the molecule is Cn1cnc(-c2ccsc2-c2cccc(-c3ccccc3)c2)c1. The van der Waals surface area contributed by atoms with Crippen LogP contribution in [0.15, 0.2) is 78.6 Å². The highest BCUT2D eigenvalue weighted by molar-refractivity contribution is 7.14. The third kappa shape index (κ3) is 2.71. The molecular weight excluding hydrogens is 300 g/mol. The third-order valence-electron chi connectivity index (χ3n) is 3.88. The molecule has 2 aromatic heterocycles. The highest BCUT2D eigenvalue weighted by Gasteiger charge is 2.11. The molecule has 0 aliphatic carbocycles. The standard InChI is InChI=1S/C20H16N2S/c1-22-13-19(21-14-22)18-10-11-23-20(18)17-9-5-8-16(12-17)15-6-3-2-4-7-15/h2-14H,1H3. The van der Waals surface area contributed by atoms with Gasteiger partial charge in [0.15, 0.2) is 0 Å². The minimum absolute atomic E-state index is 1.02. The predicted octanol–water partition coefficient (Wildman–Crippen LogP) is 5.48. The molecule has 2 heterocycles. The highest BCUT2D eigenvalue weighted by atomic mass is 32.1. The van der Waals surface area contributed by atoms with Crippen molar-refractivity contribution in [3.63, 3.8) is 0 Å². The Hall–Kier alpha value is -2.65. The second-order valence-corrected chi connectivity index (χ2v) is 6.45. The summed E-state index contributed by atoms with van der Waals surface area (Å²) in [5.41, 5.74) is 5.94. The Labute approximate surface area is 139 Å². The number of aromatic nitrogens is 2. The van der Waals surface area contributed by atoms with Gasteiger partial charge in [-0.3, -0.25) is 0 Å². The molecule has 0 atom stereocenters. The first-order valence-electron chi connectivity index (χ1n) is 7.53. The maximum absolute atomic E-state index is 4.49. The molecule has 0 saturated carbocycles. The van der Waals surface area contributed by atoms with Gasteiger partial charge >= 0.3 is 0 Å². The van der Waals surface area contributed by atoms with Crippen molar-refractivity contribution in [2.75, 3.05) is 0 Å². The van der Waals surface area contributed by atoms with Gasteiger partial charge in [0.1, 0.15) is 0 Å². The van der Waals surface area contributed by atoms with Gasteiger partial charge in [0, 0.05) is 23.7 Å². The van der Waals surface area contributed by atoms with Gasteiger partial charge in [-0.1, -0.05) is 48.5 Å². The lowest BCUT2D eigenvalue weighted by Gasteiger charge is -2.06. The zero-order chi connectivity index (χ0) is 15.6. The van der Waals surface area contributed by atoms with E-state index in [0.29, 0.717) is 0 Å². The van der Waals surface area contributed by atoms with E-state index in [9.17, 15) is 0 Å². The Kier molecular flexibility index (Phi) is 3.56. The number of rotatable bonds is 3. The Morgan fingerprint density at radius 1 is 0.870 bits per heavy atom. The van der Waals surface area contributed by atoms with Crippen LogP contribution in [0.2, 0.25) is 0 Å². The molecule has 0 aliphatic heterocycles. The molecule has 2 nitrogen and oxygen atoms in total. The van der Waals surface area contributed by atoms with Crippen LogP contribution < -0.4 is 0 Å². The minimum atomic E-state index is 1.02. The van der Waals surface area contributed by atoms with Gasteiger partial charge in [-0.25, -0.2) is 4.98 Å². The van der Waals surface area contributed by atoms with Gasteiger partial charge in [-0.2, -0.15) is 0 Å². The van der Waals surface area contributed by atoms with E-state index < -0.39 is 0 Å². The van der Waals surface area contributed by atoms with Crippen LogP contribution in [0, 0.1) is 0 Å². The maximum atomic E-state index is 4.49. The third-order valence-corrected chi connectivity index (χ3v) is 4.84. The lowest BCUT2D eigenvalue weighted by molar-refractivity contribution is 0.913. The van der Waals surface area contributed by atoms with Crippen molar-refractivity contribution in [3.8, 4) is 32.8 Å². The van der Waals surface area contributed by atoms with Crippen molar-refractivity contribution in [2.24, 2.45) is 7.05 Å². The Balaban J connectivity index is 1.79. The van der Waals surface area contributed by atoms with E-state index in [1.807, 2.05) is 24.0 Å². The highest BCUT2D eigenvalue weighted by Crippen LogP contribution is 2.37. The van der Waals surface area contributed by atoms with Crippen LogP contribution in [0.1, 0.15) is 0 Å². The summed E-state index contributed by atoms with van der Waals surface area (Å²) >= 11 is 1.76. The zero-order valence-corrected chi connectivity index (χ0v) is 13.6. The van der Waals surface area contributed by atoms with Crippen molar-refractivity contribution < 1.29 is 0 Å². The second-order valence-electron chi connectivity index (χ2n) is 5.53. The fraction of sp³-hybridized carbons (Fsp3) is 0.0500. The average Bonchev–Trinajstić information content (AvgIpc) is 3.24. The number of thiophene rings is 1. The van der Waals surface area contributed by atoms with Gasteiger partial charge in [0.05, 0.1) is 12.0 Å². The van der Waals surface area contributed by atoms with Gasteiger partial charge in [0.25, 0.3) is 0 Å². The summed E-state index contributed by atoms with van der Waals surface area (Å²) in [4.78, 5) is 5.76. The molecule has 0 spiro atoms. The van der Waals surface area contributed by atoms with Crippen molar-refractivity contribution >= 4 is 11.3 Å². The van der Waals surface area contributed by atoms with Gasteiger partial charge < -0.3 is 4.57 Å². The molecule has 0 bridgehead atoms. The second kappa shape index (κ2) is 5.86. The summed E-state index contributed by atoms with van der Waals surface area (Å²) in [6, 6.07) is 21.4. The molecule has 0 saturated heterocycles. The normalized spacial score (nSPS) is 10.8. The lowest BCUT2D eigenvalue weighted by Crippen LogP contribution is -1.82. The monoisotopic (exact) mass is 316 g/mol. The van der Waals surface area contributed by atoms with Crippen molar-refractivity contribution in [2.45, 2.75) is 0 Å². The molecule has 0 amide bonds. The van der Waals surface area contributed by atoms with Crippen molar-refractivity contribution in [1.82, 2.24) is 9.55 Å². The summed E-state index contributed by atoms with van der Waals surface area (Å²) in [5.74, 6) is 0. The van der Waals surface area contributed by atoms with Crippen LogP contribution in [0.25, 0.3) is 32.8 Å². The summed E-state index contributed by atoms with van der Waals surface area (Å²) in [6.07, 6.45) is 3.91. The minimum Gasteiger partial charge on any atom is -0.340 e. The first kappa shape index (κ1) is 14.0. The number of hydrogen-bond donors (Lipinski definition) is 0. The molecule has 3 heteroatoms. The maximum Gasteiger partial charge on any atom is 0.0951 e. The lowest BCUT2D eigenvalue weighted by atomic mass is 10.0. The molecule has 112 valence electrons. The van der Waals surface area contributed by atoms with Crippen molar-refractivity contribution in [3.05, 3.63) is 78.6 Å². The molecule has 4 rings (SSSR count). The first-order valence-corrected chi connectivity index (χ1v) is 8.41. The van der Waals surface area contributed by atoms with E-state index in [1.54, 1.807) is 11.3 Å². The van der Waals surface area contributed by atoms with Crippen molar-refractivity contribution in [1.29, 1.82) is 0 Å². The number of imidazole rings is 1. The molecule has 0 fully saturated rings. The summed E-state index contributed by atoms with van der Waals surface area (Å²) < 4.78 is 1.98. The summed E-state index contributed by atoms with van der Waals surface area (Å²) in [6.45, 7) is 0. The topological polar surface area (TPSA) is 17.8 Å². The number of benzene rings is 2. The van der Waals surface area contributed by atoms with E-state index in [4.69, 9.17) is 0 Å². The van der Waals surface area contributed by atoms with Crippen LogP contribution in [0.5, 0.6) is 0 Å². The smallest absolute Gasteiger partial charge is 0.0951 e. The molecule has 2 aromatic carbocycles. The van der Waals surface area contributed by atoms with Gasteiger partial charge in [-0.05, 0) is 34.2 Å². The Bertz CT molecular complexity index is 935. The summed E-state index contributed by atoms with van der Waals surface area (Å²) in [5, 5.41) is 2.13. The van der Waals surface area contributed by atoms with E-state index in [-0.39, 0.29) is 0 Å². The van der Waals surface area contributed by atoms with Crippen LogP contribution >= 0.6 is 11.3 Å². The molecule has 23 heavy (non-hydrogen) atoms. The molecule has 0 radical (unpaired) electrons. The number of aryl methyl sites for hydroxylation is 1. The molecule has 0 unspecified atom stereocenters. The Morgan fingerprint density at radius 3 is 2.43 bits per heavy atom. The number of nitrogens with zero attached hydrogens (tertiary/aromatic N) is 2. The van der Waals surface area contributed by atoms with E-state index in [0.717, 1.165) is 5.69 Å². The molecular formula is C20H16N2S.